The first-order valence-corrected chi connectivity index (χ1v) is 9.96. The Morgan fingerprint density at radius 3 is 1.50 bits per heavy atom. The first-order chi connectivity index (χ1) is 11.8. The summed E-state index contributed by atoms with van der Waals surface area (Å²) in [5.41, 5.74) is 0. The zero-order valence-corrected chi connectivity index (χ0v) is 15.1. The van der Waals surface area contributed by atoms with Crippen LogP contribution in [0.5, 0.6) is 0 Å². The van der Waals surface area contributed by atoms with Crippen molar-refractivity contribution < 1.29 is 0 Å². The van der Waals surface area contributed by atoms with Gasteiger partial charge in [0.2, 0.25) is 0 Å². The summed E-state index contributed by atoms with van der Waals surface area (Å²) in [4.78, 5) is 5.14. The van der Waals surface area contributed by atoms with Crippen LogP contribution >= 0.6 is 0 Å². The normalized spacial score (nSPS) is 20.5. The van der Waals surface area contributed by atoms with E-state index in [1.165, 1.54) is 64.7 Å². The molecule has 2 aliphatic heterocycles. The van der Waals surface area contributed by atoms with Gasteiger partial charge in [-0.15, -0.1) is 10.2 Å². The van der Waals surface area contributed by atoms with Crippen LogP contribution in [0.3, 0.4) is 0 Å². The Morgan fingerprint density at radius 2 is 1.08 bits per heavy atom. The largest absolute Gasteiger partial charge is 0.336 e. The summed E-state index contributed by atoms with van der Waals surface area (Å²) in [7, 11) is 0. The lowest BCUT2D eigenvalue weighted by Crippen LogP contribution is -2.31. The standard InChI is InChI=1S/C18H34N6/c19-24-17(9-7-15-22-11-3-1-4-12-22)20-21-18(24)10-8-16-23-13-5-2-6-14-23/h1-16,19H2. The van der Waals surface area contributed by atoms with Crippen molar-refractivity contribution in [2.24, 2.45) is 0 Å². The lowest BCUT2D eigenvalue weighted by Gasteiger charge is -2.26. The highest BCUT2D eigenvalue weighted by molar-refractivity contribution is 4.96. The SMILES string of the molecule is Nn1c(CCCN2CCCCC2)nnc1CCCN1CCCCC1. The van der Waals surface area contributed by atoms with Crippen LogP contribution in [0.25, 0.3) is 0 Å². The van der Waals surface area contributed by atoms with Crippen molar-refractivity contribution in [2.75, 3.05) is 45.1 Å². The number of rotatable bonds is 8. The minimum Gasteiger partial charge on any atom is -0.336 e. The second-order valence-corrected chi connectivity index (χ2v) is 7.41. The number of likely N-dealkylation sites (tertiary alicyclic amines) is 2. The van der Waals surface area contributed by atoms with E-state index in [2.05, 4.69) is 20.0 Å². The number of piperidine rings is 2. The van der Waals surface area contributed by atoms with E-state index in [-0.39, 0.29) is 0 Å². The Labute approximate surface area is 146 Å². The zero-order chi connectivity index (χ0) is 16.6. The van der Waals surface area contributed by atoms with E-state index in [0.29, 0.717) is 0 Å². The number of nitrogens with two attached hydrogens (primary N) is 1. The molecular formula is C18H34N6. The number of hydrogen-bond donors (Lipinski definition) is 1. The van der Waals surface area contributed by atoms with Crippen LogP contribution in [0.4, 0.5) is 0 Å². The molecule has 2 N–H and O–H groups in total. The van der Waals surface area contributed by atoms with Crippen LogP contribution in [0, 0.1) is 0 Å². The molecule has 0 saturated carbocycles. The Morgan fingerprint density at radius 1 is 0.667 bits per heavy atom. The van der Waals surface area contributed by atoms with Crippen molar-refractivity contribution in [3.05, 3.63) is 11.6 Å². The third-order valence-electron chi connectivity index (χ3n) is 5.48. The Bertz CT molecular complexity index is 432. The van der Waals surface area contributed by atoms with E-state index in [0.717, 1.165) is 50.4 Å². The minimum absolute atomic E-state index is 0.937. The molecule has 0 bridgehead atoms. The van der Waals surface area contributed by atoms with E-state index < -0.39 is 0 Å². The predicted octanol–water partition coefficient (Wildman–Crippen LogP) is 1.83. The number of hydrogen-bond acceptors (Lipinski definition) is 5. The number of aromatic nitrogens is 3. The average molecular weight is 335 g/mol. The van der Waals surface area contributed by atoms with Crippen LogP contribution in [0.15, 0.2) is 0 Å². The summed E-state index contributed by atoms with van der Waals surface area (Å²) in [5, 5.41) is 8.64. The van der Waals surface area contributed by atoms with E-state index in [1.807, 2.05) is 0 Å². The molecule has 6 heteroatoms. The molecule has 2 fully saturated rings. The van der Waals surface area contributed by atoms with Crippen molar-refractivity contribution in [2.45, 2.75) is 64.2 Å². The second-order valence-electron chi connectivity index (χ2n) is 7.41. The highest BCUT2D eigenvalue weighted by Crippen LogP contribution is 2.11. The van der Waals surface area contributed by atoms with Crippen LogP contribution in [0.1, 0.15) is 63.0 Å². The third-order valence-corrected chi connectivity index (χ3v) is 5.48. The first kappa shape index (κ1) is 17.7. The Balaban J connectivity index is 1.36. The van der Waals surface area contributed by atoms with Crippen molar-refractivity contribution in [1.82, 2.24) is 24.7 Å². The lowest BCUT2D eigenvalue weighted by atomic mass is 10.1. The highest BCUT2D eigenvalue weighted by atomic mass is 15.4. The van der Waals surface area contributed by atoms with Gasteiger partial charge in [-0.25, -0.2) is 4.68 Å². The van der Waals surface area contributed by atoms with Crippen molar-refractivity contribution in [1.29, 1.82) is 0 Å². The molecule has 2 aliphatic rings. The smallest absolute Gasteiger partial charge is 0.151 e. The molecule has 136 valence electrons. The molecule has 1 aromatic rings. The highest BCUT2D eigenvalue weighted by Gasteiger charge is 2.14. The maximum absolute atomic E-state index is 6.21. The summed E-state index contributed by atoms with van der Waals surface area (Å²) >= 11 is 0. The minimum atomic E-state index is 0.937. The molecule has 0 radical (unpaired) electrons. The van der Waals surface area contributed by atoms with Gasteiger partial charge >= 0.3 is 0 Å². The maximum Gasteiger partial charge on any atom is 0.151 e. The molecule has 0 amide bonds. The van der Waals surface area contributed by atoms with Crippen LogP contribution in [0.2, 0.25) is 0 Å². The fourth-order valence-electron chi connectivity index (χ4n) is 3.99. The molecule has 0 atom stereocenters. The third kappa shape index (κ3) is 5.18. The Kier molecular flexibility index (Phi) is 6.90. The molecule has 6 nitrogen and oxygen atoms in total. The average Bonchev–Trinajstić information content (AvgIpc) is 2.97. The number of nitrogen functional groups attached to an aromatic ring is 1. The summed E-state index contributed by atoms with van der Waals surface area (Å²) in [6, 6.07) is 0. The van der Waals surface area contributed by atoms with Gasteiger partial charge in [0.15, 0.2) is 11.6 Å². The maximum atomic E-state index is 6.21. The second kappa shape index (κ2) is 9.37. The summed E-state index contributed by atoms with van der Waals surface area (Å²) in [6.07, 6.45) is 12.3. The van der Waals surface area contributed by atoms with Crippen molar-refractivity contribution in [3.8, 4) is 0 Å². The van der Waals surface area contributed by atoms with Gasteiger partial charge < -0.3 is 15.6 Å². The summed E-state index contributed by atoms with van der Waals surface area (Å²) in [6.45, 7) is 7.37. The lowest BCUT2D eigenvalue weighted by molar-refractivity contribution is 0.225. The monoisotopic (exact) mass is 334 g/mol. The molecule has 0 spiro atoms. The molecule has 0 aromatic carbocycles. The zero-order valence-electron chi connectivity index (χ0n) is 15.1. The van der Waals surface area contributed by atoms with Gasteiger partial charge in [0.25, 0.3) is 0 Å². The first-order valence-electron chi connectivity index (χ1n) is 9.96. The predicted molar refractivity (Wildman–Crippen MR) is 97.4 cm³/mol. The van der Waals surface area contributed by atoms with Gasteiger partial charge in [0.05, 0.1) is 0 Å². The fourth-order valence-corrected chi connectivity index (χ4v) is 3.99. The van der Waals surface area contributed by atoms with Gasteiger partial charge in [0.1, 0.15) is 0 Å². The number of nitrogens with zero attached hydrogens (tertiary/aromatic N) is 5. The van der Waals surface area contributed by atoms with E-state index in [4.69, 9.17) is 5.84 Å². The van der Waals surface area contributed by atoms with Crippen molar-refractivity contribution >= 4 is 0 Å². The quantitative estimate of drug-likeness (QED) is 0.735. The van der Waals surface area contributed by atoms with Gasteiger partial charge in [-0.05, 0) is 77.8 Å². The van der Waals surface area contributed by atoms with Gasteiger partial charge in [-0.1, -0.05) is 12.8 Å². The summed E-state index contributed by atoms with van der Waals surface area (Å²) < 4.78 is 1.74. The summed E-state index contributed by atoms with van der Waals surface area (Å²) in [5.74, 6) is 8.10. The molecule has 24 heavy (non-hydrogen) atoms. The van der Waals surface area contributed by atoms with Crippen LogP contribution in [-0.4, -0.2) is 63.9 Å². The molecule has 1 aromatic heterocycles. The van der Waals surface area contributed by atoms with Crippen LogP contribution < -0.4 is 5.84 Å². The fraction of sp³-hybridized carbons (Fsp3) is 0.889. The van der Waals surface area contributed by atoms with E-state index >= 15 is 0 Å². The van der Waals surface area contributed by atoms with Gasteiger partial charge in [0, 0.05) is 12.8 Å². The van der Waals surface area contributed by atoms with Gasteiger partial charge in [-0.2, -0.15) is 0 Å². The van der Waals surface area contributed by atoms with Crippen LogP contribution in [-0.2, 0) is 12.8 Å². The molecule has 3 heterocycles. The molecule has 0 aliphatic carbocycles. The van der Waals surface area contributed by atoms with Gasteiger partial charge in [-0.3, -0.25) is 0 Å². The Hall–Kier alpha value is -1.14. The number of aryl methyl sites for hydroxylation is 2. The molecule has 0 unspecified atom stereocenters. The molecular weight excluding hydrogens is 300 g/mol. The van der Waals surface area contributed by atoms with E-state index in [9.17, 15) is 0 Å². The molecule has 2 saturated heterocycles. The topological polar surface area (TPSA) is 63.2 Å². The van der Waals surface area contributed by atoms with E-state index in [1.54, 1.807) is 4.68 Å². The molecule has 3 rings (SSSR count). The van der Waals surface area contributed by atoms with Crippen molar-refractivity contribution in [3.63, 3.8) is 0 Å².